The highest BCUT2D eigenvalue weighted by molar-refractivity contribution is 5.76. The van der Waals surface area contributed by atoms with Gasteiger partial charge in [0.2, 0.25) is 5.91 Å². The second-order valence-corrected chi connectivity index (χ2v) is 6.52. The van der Waals surface area contributed by atoms with E-state index in [0.29, 0.717) is 18.5 Å². The van der Waals surface area contributed by atoms with Crippen molar-refractivity contribution in [1.29, 1.82) is 0 Å². The van der Waals surface area contributed by atoms with Crippen molar-refractivity contribution in [3.05, 3.63) is 36.5 Å². The fourth-order valence-electron chi connectivity index (χ4n) is 2.14. The third kappa shape index (κ3) is 14.0. The highest BCUT2D eigenvalue weighted by Crippen LogP contribution is 2.18. The lowest BCUT2D eigenvalue weighted by molar-refractivity contribution is -0.121. The SMILES string of the molecule is CC(C)NCCC=CCC=CCC=CCCCC(=O)NC1CC1. The van der Waals surface area contributed by atoms with Crippen LogP contribution < -0.4 is 10.6 Å². The molecule has 0 atom stereocenters. The summed E-state index contributed by atoms with van der Waals surface area (Å²) in [5.41, 5.74) is 0. The lowest BCUT2D eigenvalue weighted by atomic mass is 10.2. The number of carbonyl (C=O) groups is 1. The molecule has 0 heterocycles. The number of amides is 1. The molecule has 0 aromatic carbocycles. The number of rotatable bonds is 13. The predicted octanol–water partition coefficient (Wildman–Crippen LogP) is 4.27. The van der Waals surface area contributed by atoms with E-state index in [4.69, 9.17) is 0 Å². The van der Waals surface area contributed by atoms with E-state index in [1.165, 1.54) is 12.8 Å². The molecule has 1 fully saturated rings. The summed E-state index contributed by atoms with van der Waals surface area (Å²) in [4.78, 5) is 11.5. The first kappa shape index (κ1) is 19.7. The van der Waals surface area contributed by atoms with Crippen molar-refractivity contribution < 1.29 is 4.79 Å². The van der Waals surface area contributed by atoms with Crippen LogP contribution >= 0.6 is 0 Å². The fourth-order valence-corrected chi connectivity index (χ4v) is 2.14. The average molecular weight is 319 g/mol. The summed E-state index contributed by atoms with van der Waals surface area (Å²) in [6.45, 7) is 5.39. The van der Waals surface area contributed by atoms with Crippen molar-refractivity contribution in [1.82, 2.24) is 10.6 Å². The molecule has 1 aliphatic rings. The van der Waals surface area contributed by atoms with E-state index in [0.717, 1.165) is 38.6 Å². The minimum Gasteiger partial charge on any atom is -0.353 e. The highest BCUT2D eigenvalue weighted by Gasteiger charge is 2.22. The van der Waals surface area contributed by atoms with Crippen LogP contribution in [0.5, 0.6) is 0 Å². The van der Waals surface area contributed by atoms with Crippen LogP contribution in [0, 0.1) is 0 Å². The van der Waals surface area contributed by atoms with Gasteiger partial charge in [0.1, 0.15) is 0 Å². The number of allylic oxidation sites excluding steroid dienone is 5. The lowest BCUT2D eigenvalue weighted by Gasteiger charge is -2.04. The predicted molar refractivity (Wildman–Crippen MR) is 99.4 cm³/mol. The molecule has 3 heteroatoms. The number of hydrogen-bond donors (Lipinski definition) is 2. The number of nitrogens with one attached hydrogen (secondary N) is 2. The minimum absolute atomic E-state index is 0.219. The van der Waals surface area contributed by atoms with Gasteiger partial charge in [0.05, 0.1) is 0 Å². The van der Waals surface area contributed by atoms with Gasteiger partial charge in [-0.1, -0.05) is 50.3 Å². The van der Waals surface area contributed by atoms with Crippen LogP contribution in [0.4, 0.5) is 0 Å². The molecular weight excluding hydrogens is 284 g/mol. The van der Waals surface area contributed by atoms with Gasteiger partial charge in [-0.2, -0.15) is 0 Å². The van der Waals surface area contributed by atoms with Crippen molar-refractivity contribution in [2.75, 3.05) is 6.54 Å². The third-order valence-corrected chi connectivity index (χ3v) is 3.63. The maximum Gasteiger partial charge on any atom is 0.220 e. The van der Waals surface area contributed by atoms with Crippen molar-refractivity contribution >= 4 is 5.91 Å². The van der Waals surface area contributed by atoms with Crippen LogP contribution in [0.15, 0.2) is 36.5 Å². The molecule has 0 aromatic rings. The van der Waals surface area contributed by atoms with E-state index < -0.39 is 0 Å². The zero-order valence-electron chi connectivity index (χ0n) is 14.9. The molecule has 1 saturated carbocycles. The zero-order chi connectivity index (χ0) is 16.8. The summed E-state index contributed by atoms with van der Waals surface area (Å²) < 4.78 is 0. The lowest BCUT2D eigenvalue weighted by Crippen LogP contribution is -2.24. The molecule has 2 N–H and O–H groups in total. The van der Waals surface area contributed by atoms with Gasteiger partial charge in [0.15, 0.2) is 0 Å². The van der Waals surface area contributed by atoms with E-state index in [1.807, 2.05) is 0 Å². The molecule has 0 saturated heterocycles. The van der Waals surface area contributed by atoms with Crippen LogP contribution in [0.25, 0.3) is 0 Å². The molecule has 0 aromatic heterocycles. The van der Waals surface area contributed by atoms with Crippen LogP contribution in [0.1, 0.15) is 65.2 Å². The molecule has 3 nitrogen and oxygen atoms in total. The van der Waals surface area contributed by atoms with Crippen molar-refractivity contribution in [2.24, 2.45) is 0 Å². The van der Waals surface area contributed by atoms with Gasteiger partial charge in [0, 0.05) is 18.5 Å². The molecule has 130 valence electrons. The van der Waals surface area contributed by atoms with Gasteiger partial charge in [-0.15, -0.1) is 0 Å². The Morgan fingerprint density at radius 1 is 1.00 bits per heavy atom. The molecule has 0 unspecified atom stereocenters. The number of carbonyl (C=O) groups excluding carboxylic acids is 1. The van der Waals surface area contributed by atoms with Crippen molar-refractivity contribution in [3.63, 3.8) is 0 Å². The van der Waals surface area contributed by atoms with Gasteiger partial charge in [-0.25, -0.2) is 0 Å². The first-order valence-corrected chi connectivity index (χ1v) is 9.16. The molecule has 1 rings (SSSR count). The van der Waals surface area contributed by atoms with Gasteiger partial charge in [-0.3, -0.25) is 4.79 Å². The Bertz CT molecular complexity index is 392. The minimum atomic E-state index is 0.219. The normalized spacial score (nSPS) is 15.4. The molecule has 1 aliphatic carbocycles. The molecule has 23 heavy (non-hydrogen) atoms. The van der Waals surface area contributed by atoms with Crippen LogP contribution in [-0.4, -0.2) is 24.5 Å². The smallest absolute Gasteiger partial charge is 0.220 e. The van der Waals surface area contributed by atoms with Gasteiger partial charge in [-0.05, 0) is 51.5 Å². The summed E-state index contributed by atoms with van der Waals surface area (Å²) in [5.74, 6) is 0.219. The largest absolute Gasteiger partial charge is 0.353 e. The first-order valence-electron chi connectivity index (χ1n) is 9.16. The molecule has 0 aliphatic heterocycles. The van der Waals surface area contributed by atoms with Crippen molar-refractivity contribution in [3.8, 4) is 0 Å². The summed E-state index contributed by atoms with van der Waals surface area (Å²) in [7, 11) is 0. The van der Waals surface area contributed by atoms with Gasteiger partial charge < -0.3 is 10.6 Å². The van der Waals surface area contributed by atoms with Crippen LogP contribution in [0.3, 0.4) is 0 Å². The average Bonchev–Trinajstić information content (AvgIpc) is 3.31. The first-order chi connectivity index (χ1) is 11.2. The summed E-state index contributed by atoms with van der Waals surface area (Å²) in [6, 6.07) is 1.06. The molecular formula is C20H34N2O. The van der Waals surface area contributed by atoms with E-state index in [2.05, 4.69) is 60.9 Å². The molecule has 0 radical (unpaired) electrons. The Hall–Kier alpha value is -1.35. The summed E-state index contributed by atoms with van der Waals surface area (Å²) >= 11 is 0. The maximum absolute atomic E-state index is 11.5. The Morgan fingerprint density at radius 2 is 1.61 bits per heavy atom. The summed E-state index contributed by atoms with van der Waals surface area (Å²) in [6.07, 6.45) is 21.3. The Kier molecular flexibility index (Phi) is 11.2. The highest BCUT2D eigenvalue weighted by atomic mass is 16.1. The van der Waals surface area contributed by atoms with Crippen molar-refractivity contribution in [2.45, 2.75) is 77.3 Å². The fraction of sp³-hybridized carbons (Fsp3) is 0.650. The molecule has 0 spiro atoms. The van der Waals surface area contributed by atoms with E-state index in [1.54, 1.807) is 0 Å². The number of hydrogen-bond acceptors (Lipinski definition) is 2. The zero-order valence-corrected chi connectivity index (χ0v) is 14.9. The van der Waals surface area contributed by atoms with Crippen LogP contribution in [-0.2, 0) is 4.79 Å². The Labute approximate surface area is 142 Å². The second-order valence-electron chi connectivity index (χ2n) is 6.52. The second kappa shape index (κ2) is 13.1. The summed E-state index contributed by atoms with van der Waals surface area (Å²) in [5, 5.41) is 6.41. The third-order valence-electron chi connectivity index (χ3n) is 3.63. The standard InChI is InChI=1S/C20H34N2O/c1-18(2)21-17-13-11-9-7-5-3-4-6-8-10-12-14-20(23)22-19-15-16-19/h3,5-6,8-9,11,18-19,21H,4,7,10,12-17H2,1-2H3,(H,22,23). The Morgan fingerprint density at radius 3 is 2.22 bits per heavy atom. The van der Waals surface area contributed by atoms with Gasteiger partial charge >= 0.3 is 0 Å². The van der Waals surface area contributed by atoms with E-state index >= 15 is 0 Å². The van der Waals surface area contributed by atoms with Gasteiger partial charge in [0.25, 0.3) is 0 Å². The Balaban J connectivity index is 1.86. The van der Waals surface area contributed by atoms with E-state index in [9.17, 15) is 4.79 Å². The topological polar surface area (TPSA) is 41.1 Å². The monoisotopic (exact) mass is 318 g/mol. The quantitative estimate of drug-likeness (QED) is 0.393. The maximum atomic E-state index is 11.5. The number of unbranched alkanes of at least 4 members (excludes halogenated alkanes) is 1. The molecule has 0 bridgehead atoms. The molecule has 1 amide bonds. The van der Waals surface area contributed by atoms with E-state index in [-0.39, 0.29) is 5.91 Å². The van der Waals surface area contributed by atoms with Crippen LogP contribution in [0.2, 0.25) is 0 Å².